The Bertz CT molecular complexity index is 733. The minimum atomic E-state index is -0.883. The molecule has 0 aliphatic carbocycles. The molecule has 0 atom stereocenters. The SMILES string of the molecule is CC(C)Oc1nc(N)c(F)cc1C(=O)Nc1c(F)cccc1Cl. The topological polar surface area (TPSA) is 77.2 Å². The van der Waals surface area contributed by atoms with Crippen molar-refractivity contribution >= 4 is 29.0 Å². The molecule has 0 fully saturated rings. The van der Waals surface area contributed by atoms with Gasteiger partial charge in [-0.15, -0.1) is 0 Å². The Labute approximate surface area is 136 Å². The molecule has 3 N–H and O–H groups in total. The first-order valence-corrected chi connectivity index (χ1v) is 7.05. The number of carbonyl (C=O) groups is 1. The number of ether oxygens (including phenoxy) is 1. The van der Waals surface area contributed by atoms with E-state index in [0.717, 1.165) is 12.1 Å². The van der Waals surface area contributed by atoms with Gasteiger partial charge >= 0.3 is 0 Å². The molecule has 1 aromatic heterocycles. The van der Waals surface area contributed by atoms with E-state index >= 15 is 0 Å². The van der Waals surface area contributed by atoms with Gasteiger partial charge in [-0.2, -0.15) is 4.98 Å². The second-order valence-electron chi connectivity index (χ2n) is 4.93. The molecular formula is C15H14ClF2N3O2. The summed E-state index contributed by atoms with van der Waals surface area (Å²) in [5.74, 6) is -2.98. The molecule has 0 bridgehead atoms. The Morgan fingerprint density at radius 3 is 2.65 bits per heavy atom. The lowest BCUT2D eigenvalue weighted by Crippen LogP contribution is -2.18. The smallest absolute Gasteiger partial charge is 0.261 e. The van der Waals surface area contributed by atoms with Crippen LogP contribution >= 0.6 is 11.6 Å². The predicted molar refractivity (Wildman–Crippen MR) is 83.7 cm³/mol. The highest BCUT2D eigenvalue weighted by Crippen LogP contribution is 2.27. The van der Waals surface area contributed by atoms with Gasteiger partial charge in [0.25, 0.3) is 5.91 Å². The number of halogens is 3. The van der Waals surface area contributed by atoms with Crippen LogP contribution in [-0.4, -0.2) is 17.0 Å². The minimum Gasteiger partial charge on any atom is -0.474 e. The molecule has 1 heterocycles. The van der Waals surface area contributed by atoms with Gasteiger partial charge < -0.3 is 15.8 Å². The van der Waals surface area contributed by atoms with Gasteiger partial charge in [0.1, 0.15) is 11.4 Å². The van der Waals surface area contributed by atoms with E-state index in [1.807, 2.05) is 0 Å². The van der Waals surface area contributed by atoms with Gasteiger partial charge in [-0.3, -0.25) is 4.79 Å². The molecule has 23 heavy (non-hydrogen) atoms. The second kappa shape index (κ2) is 6.78. The van der Waals surface area contributed by atoms with E-state index in [4.69, 9.17) is 22.1 Å². The minimum absolute atomic E-state index is 0.00792. The number of para-hydroxylation sites is 1. The van der Waals surface area contributed by atoms with Gasteiger partial charge in [-0.1, -0.05) is 17.7 Å². The van der Waals surface area contributed by atoms with E-state index in [2.05, 4.69) is 10.3 Å². The lowest BCUT2D eigenvalue weighted by atomic mass is 10.2. The van der Waals surface area contributed by atoms with Crippen molar-refractivity contribution in [1.29, 1.82) is 0 Å². The Balaban J connectivity index is 2.40. The fourth-order valence-corrected chi connectivity index (χ4v) is 1.97. The summed E-state index contributed by atoms with van der Waals surface area (Å²) in [4.78, 5) is 16.0. The van der Waals surface area contributed by atoms with Crippen LogP contribution in [0.3, 0.4) is 0 Å². The Kier molecular flexibility index (Phi) is 5.00. The first-order chi connectivity index (χ1) is 10.8. The highest BCUT2D eigenvalue weighted by molar-refractivity contribution is 6.34. The van der Waals surface area contributed by atoms with Crippen molar-refractivity contribution in [1.82, 2.24) is 4.98 Å². The largest absolute Gasteiger partial charge is 0.474 e. The van der Waals surface area contributed by atoms with Crippen LogP contribution in [-0.2, 0) is 0 Å². The zero-order chi connectivity index (χ0) is 17.1. The number of benzene rings is 1. The van der Waals surface area contributed by atoms with Crippen LogP contribution in [0.5, 0.6) is 5.88 Å². The van der Waals surface area contributed by atoms with E-state index in [9.17, 15) is 13.6 Å². The van der Waals surface area contributed by atoms with Gasteiger partial charge in [-0.05, 0) is 32.0 Å². The van der Waals surface area contributed by atoms with Crippen LogP contribution in [0.4, 0.5) is 20.3 Å². The molecule has 2 rings (SSSR count). The summed E-state index contributed by atoms with van der Waals surface area (Å²) >= 11 is 5.85. The van der Waals surface area contributed by atoms with Gasteiger partial charge in [-0.25, -0.2) is 8.78 Å². The van der Waals surface area contributed by atoms with Crippen molar-refractivity contribution in [3.05, 3.63) is 46.5 Å². The average Bonchev–Trinajstić information content (AvgIpc) is 2.46. The summed E-state index contributed by atoms with van der Waals surface area (Å²) in [5.41, 5.74) is 4.95. The normalized spacial score (nSPS) is 10.7. The molecule has 2 aromatic rings. The summed E-state index contributed by atoms with van der Waals surface area (Å²) in [7, 11) is 0. The van der Waals surface area contributed by atoms with Crippen LogP contribution in [0.25, 0.3) is 0 Å². The third kappa shape index (κ3) is 3.87. The quantitative estimate of drug-likeness (QED) is 0.890. The number of anilines is 2. The zero-order valence-electron chi connectivity index (χ0n) is 12.4. The van der Waals surface area contributed by atoms with Crippen LogP contribution in [0, 0.1) is 11.6 Å². The number of hydrogen-bond donors (Lipinski definition) is 2. The average molecular weight is 342 g/mol. The first kappa shape index (κ1) is 17.0. The predicted octanol–water partition coefficient (Wildman–Crippen LogP) is 3.63. The van der Waals surface area contributed by atoms with Gasteiger partial charge in [0.05, 0.1) is 16.8 Å². The maximum atomic E-state index is 13.7. The molecule has 8 heteroatoms. The first-order valence-electron chi connectivity index (χ1n) is 6.67. The number of nitrogens with zero attached hydrogens (tertiary/aromatic N) is 1. The number of nitrogens with one attached hydrogen (secondary N) is 1. The highest BCUT2D eigenvalue weighted by atomic mass is 35.5. The van der Waals surface area contributed by atoms with Crippen molar-refractivity contribution in [3.8, 4) is 5.88 Å². The summed E-state index contributed by atoms with van der Waals surface area (Å²) in [6.07, 6.45) is -0.323. The van der Waals surface area contributed by atoms with E-state index < -0.39 is 23.4 Å². The molecule has 0 unspecified atom stereocenters. The molecule has 0 radical (unpaired) electrons. The van der Waals surface area contributed by atoms with Crippen LogP contribution < -0.4 is 15.8 Å². The molecule has 122 valence electrons. The number of nitrogens with two attached hydrogens (primary N) is 1. The summed E-state index contributed by atoms with van der Waals surface area (Å²) < 4.78 is 32.7. The molecule has 1 amide bonds. The molecular weight excluding hydrogens is 328 g/mol. The van der Waals surface area contributed by atoms with Crippen molar-refractivity contribution in [2.75, 3.05) is 11.1 Å². The molecule has 1 aromatic carbocycles. The highest BCUT2D eigenvalue weighted by Gasteiger charge is 2.21. The summed E-state index contributed by atoms with van der Waals surface area (Å²) in [6.45, 7) is 3.41. The van der Waals surface area contributed by atoms with Crippen molar-refractivity contribution in [3.63, 3.8) is 0 Å². The number of hydrogen-bond acceptors (Lipinski definition) is 4. The zero-order valence-corrected chi connectivity index (χ0v) is 13.1. The number of rotatable bonds is 4. The number of carbonyl (C=O) groups excluding carboxylic acids is 1. The van der Waals surface area contributed by atoms with E-state index in [0.29, 0.717) is 0 Å². The molecule has 5 nitrogen and oxygen atoms in total. The van der Waals surface area contributed by atoms with E-state index in [1.165, 1.54) is 12.1 Å². The summed E-state index contributed by atoms with van der Waals surface area (Å²) in [5, 5.41) is 2.29. The van der Waals surface area contributed by atoms with Crippen LogP contribution in [0.1, 0.15) is 24.2 Å². The fraction of sp³-hybridized carbons (Fsp3) is 0.200. The standard InChI is InChI=1S/C15H14ClF2N3O2/c1-7(2)23-15-8(6-11(18)13(19)21-15)14(22)20-12-9(16)4-3-5-10(12)17/h3-7H,1-2H3,(H2,19,21)(H,20,22). The maximum Gasteiger partial charge on any atom is 0.261 e. The van der Waals surface area contributed by atoms with Crippen molar-refractivity contribution in [2.24, 2.45) is 0 Å². The Morgan fingerprint density at radius 2 is 2.04 bits per heavy atom. The molecule has 0 saturated heterocycles. The van der Waals surface area contributed by atoms with Gasteiger partial charge in [0.2, 0.25) is 5.88 Å². The number of aromatic nitrogens is 1. The Morgan fingerprint density at radius 1 is 1.35 bits per heavy atom. The summed E-state index contributed by atoms with van der Waals surface area (Å²) in [6, 6.07) is 4.82. The third-order valence-electron chi connectivity index (χ3n) is 2.76. The molecule has 0 saturated carbocycles. The second-order valence-corrected chi connectivity index (χ2v) is 5.33. The van der Waals surface area contributed by atoms with Gasteiger partial charge in [0, 0.05) is 0 Å². The van der Waals surface area contributed by atoms with Crippen molar-refractivity contribution < 1.29 is 18.3 Å². The third-order valence-corrected chi connectivity index (χ3v) is 3.08. The van der Waals surface area contributed by atoms with E-state index in [-0.39, 0.29) is 28.3 Å². The fourth-order valence-electron chi connectivity index (χ4n) is 1.76. The van der Waals surface area contributed by atoms with E-state index in [1.54, 1.807) is 13.8 Å². The number of pyridine rings is 1. The number of nitrogen functional groups attached to an aromatic ring is 1. The van der Waals surface area contributed by atoms with Crippen LogP contribution in [0.15, 0.2) is 24.3 Å². The van der Waals surface area contributed by atoms with Gasteiger partial charge in [0.15, 0.2) is 11.6 Å². The molecule has 0 spiro atoms. The number of amides is 1. The lowest BCUT2D eigenvalue weighted by Gasteiger charge is -2.14. The molecule has 0 aliphatic rings. The van der Waals surface area contributed by atoms with Crippen LogP contribution in [0.2, 0.25) is 5.02 Å². The Hall–Kier alpha value is -2.41. The van der Waals surface area contributed by atoms with Crippen molar-refractivity contribution in [2.45, 2.75) is 20.0 Å². The lowest BCUT2D eigenvalue weighted by molar-refractivity contribution is 0.101. The molecule has 0 aliphatic heterocycles. The monoisotopic (exact) mass is 341 g/mol. The maximum absolute atomic E-state index is 13.7.